The van der Waals surface area contributed by atoms with Gasteiger partial charge < -0.3 is 10.7 Å². The normalized spacial score (nSPS) is 12.4. The largest absolute Gasteiger partial charge is 0.361 e. The van der Waals surface area contributed by atoms with Gasteiger partial charge in [0.15, 0.2) is 0 Å². The van der Waals surface area contributed by atoms with Gasteiger partial charge in [-0.1, -0.05) is 29.5 Å². The molecule has 20 heavy (non-hydrogen) atoms. The van der Waals surface area contributed by atoms with E-state index >= 15 is 0 Å². The number of nitrogens with two attached hydrogens (primary N) is 1. The summed E-state index contributed by atoms with van der Waals surface area (Å²) in [6.45, 7) is 0. The molecule has 0 radical (unpaired) electrons. The maximum absolute atomic E-state index is 12.0. The van der Waals surface area contributed by atoms with Gasteiger partial charge in [-0.05, 0) is 18.1 Å². The van der Waals surface area contributed by atoms with Crippen molar-refractivity contribution in [3.63, 3.8) is 0 Å². The molecular weight excluding hydrogens is 274 g/mol. The molecule has 1 unspecified atom stereocenters. The number of amides is 1. The molecule has 0 saturated carbocycles. The fourth-order valence-corrected chi connectivity index (χ4v) is 2.50. The zero-order valence-corrected chi connectivity index (χ0v) is 11.4. The minimum atomic E-state index is -0.627. The number of nitrogens with one attached hydrogen (secondary N) is 2. The Hall–Kier alpha value is -2.25. The van der Waals surface area contributed by atoms with Gasteiger partial charge in [0.1, 0.15) is 5.51 Å². The second kappa shape index (κ2) is 5.40. The van der Waals surface area contributed by atoms with Crippen LogP contribution in [0.2, 0.25) is 0 Å². The first-order valence-corrected chi connectivity index (χ1v) is 6.99. The summed E-state index contributed by atoms with van der Waals surface area (Å²) in [5.74, 6) is -0.257. The first-order valence-electron chi connectivity index (χ1n) is 6.11. The lowest BCUT2D eigenvalue weighted by molar-refractivity contribution is -0.117. The average Bonchev–Trinajstić information content (AvgIpc) is 3.09. The van der Waals surface area contributed by atoms with Gasteiger partial charge in [-0.15, -0.1) is 10.2 Å². The number of H-pyrrole nitrogens is 1. The molecule has 0 fully saturated rings. The predicted molar refractivity (Wildman–Crippen MR) is 78.5 cm³/mol. The average molecular weight is 287 g/mol. The van der Waals surface area contributed by atoms with Crippen molar-refractivity contribution in [2.24, 2.45) is 5.73 Å². The smallest absolute Gasteiger partial charge is 0.243 e. The lowest BCUT2D eigenvalue weighted by Crippen LogP contribution is -2.37. The van der Waals surface area contributed by atoms with Crippen molar-refractivity contribution in [1.29, 1.82) is 0 Å². The van der Waals surface area contributed by atoms with Crippen molar-refractivity contribution in [3.8, 4) is 0 Å². The third-order valence-corrected chi connectivity index (χ3v) is 3.65. The minimum absolute atomic E-state index is 0.257. The van der Waals surface area contributed by atoms with Gasteiger partial charge in [0.25, 0.3) is 0 Å². The molecule has 7 heteroatoms. The Balaban J connectivity index is 1.72. The van der Waals surface area contributed by atoms with Crippen LogP contribution in [0.3, 0.4) is 0 Å². The number of aromatic nitrogens is 3. The third-order valence-electron chi connectivity index (χ3n) is 3.04. The molecule has 0 saturated heterocycles. The highest BCUT2D eigenvalue weighted by Crippen LogP contribution is 2.19. The number of carbonyl (C=O) groups is 1. The second-order valence-corrected chi connectivity index (χ2v) is 5.24. The van der Waals surface area contributed by atoms with E-state index in [1.54, 1.807) is 5.51 Å². The maximum atomic E-state index is 12.0. The number of hydrogen-bond donors (Lipinski definition) is 3. The van der Waals surface area contributed by atoms with E-state index in [9.17, 15) is 4.79 Å². The number of nitrogens with zero attached hydrogens (tertiary/aromatic N) is 2. The van der Waals surface area contributed by atoms with Crippen LogP contribution in [0.15, 0.2) is 36.0 Å². The Morgan fingerprint density at radius 3 is 3.10 bits per heavy atom. The number of hydrogen-bond acceptors (Lipinski definition) is 5. The number of para-hydroxylation sites is 1. The Morgan fingerprint density at radius 1 is 1.45 bits per heavy atom. The zero-order chi connectivity index (χ0) is 13.9. The van der Waals surface area contributed by atoms with Crippen LogP contribution in [0.25, 0.3) is 10.9 Å². The SMILES string of the molecule is NC(Cc1c[nH]c2ccccc12)C(=O)Nc1nncs1. The van der Waals surface area contributed by atoms with Crippen molar-refractivity contribution >= 4 is 33.3 Å². The third kappa shape index (κ3) is 2.54. The Morgan fingerprint density at radius 2 is 2.30 bits per heavy atom. The number of anilines is 1. The van der Waals surface area contributed by atoms with Crippen LogP contribution in [0.1, 0.15) is 5.56 Å². The number of carbonyl (C=O) groups excluding carboxylic acids is 1. The summed E-state index contributed by atoms with van der Waals surface area (Å²) in [5, 5.41) is 11.6. The fraction of sp³-hybridized carbons (Fsp3) is 0.154. The highest BCUT2D eigenvalue weighted by Gasteiger charge is 2.17. The maximum Gasteiger partial charge on any atom is 0.243 e. The molecule has 3 rings (SSSR count). The minimum Gasteiger partial charge on any atom is -0.361 e. The van der Waals surface area contributed by atoms with Crippen LogP contribution in [-0.2, 0) is 11.2 Å². The van der Waals surface area contributed by atoms with Crippen LogP contribution >= 0.6 is 11.3 Å². The molecule has 4 N–H and O–H groups in total. The lowest BCUT2D eigenvalue weighted by Gasteiger charge is -2.09. The molecule has 0 aliphatic rings. The van der Waals surface area contributed by atoms with Crippen molar-refractivity contribution < 1.29 is 4.79 Å². The number of fused-ring (bicyclic) bond motifs is 1. The van der Waals surface area contributed by atoms with E-state index in [4.69, 9.17) is 5.73 Å². The Bertz CT molecular complexity index is 721. The molecule has 0 aliphatic carbocycles. The molecule has 6 nitrogen and oxygen atoms in total. The highest BCUT2D eigenvalue weighted by atomic mass is 32.1. The van der Waals surface area contributed by atoms with E-state index in [-0.39, 0.29) is 5.91 Å². The van der Waals surface area contributed by atoms with Crippen LogP contribution in [0.5, 0.6) is 0 Å². The predicted octanol–water partition coefficient (Wildman–Crippen LogP) is 1.53. The number of benzene rings is 1. The molecule has 1 aromatic carbocycles. The molecule has 1 amide bonds. The van der Waals surface area contributed by atoms with Gasteiger partial charge in [0.2, 0.25) is 11.0 Å². The molecule has 0 bridgehead atoms. The van der Waals surface area contributed by atoms with Crippen molar-refractivity contribution in [3.05, 3.63) is 41.5 Å². The van der Waals surface area contributed by atoms with Crippen LogP contribution in [0.4, 0.5) is 5.13 Å². The Labute approximate surface area is 119 Å². The van der Waals surface area contributed by atoms with E-state index in [0.717, 1.165) is 16.5 Å². The van der Waals surface area contributed by atoms with Gasteiger partial charge in [0.05, 0.1) is 6.04 Å². The van der Waals surface area contributed by atoms with Gasteiger partial charge in [-0.3, -0.25) is 10.1 Å². The van der Waals surface area contributed by atoms with E-state index in [1.807, 2.05) is 30.5 Å². The molecule has 1 atom stereocenters. The van der Waals surface area contributed by atoms with Gasteiger partial charge in [-0.25, -0.2) is 0 Å². The fourth-order valence-electron chi connectivity index (χ4n) is 2.06. The summed E-state index contributed by atoms with van der Waals surface area (Å²) in [5.41, 5.74) is 9.57. The Kier molecular flexibility index (Phi) is 3.44. The van der Waals surface area contributed by atoms with Crippen LogP contribution < -0.4 is 11.1 Å². The van der Waals surface area contributed by atoms with Gasteiger partial charge in [0, 0.05) is 17.1 Å². The van der Waals surface area contributed by atoms with Gasteiger partial charge >= 0.3 is 0 Å². The summed E-state index contributed by atoms with van der Waals surface area (Å²) in [6.07, 6.45) is 2.36. The van der Waals surface area contributed by atoms with Crippen molar-refractivity contribution in [2.45, 2.75) is 12.5 Å². The summed E-state index contributed by atoms with van der Waals surface area (Å²) >= 11 is 1.26. The quantitative estimate of drug-likeness (QED) is 0.678. The first-order chi connectivity index (χ1) is 9.74. The molecule has 0 aliphatic heterocycles. The molecule has 2 heterocycles. The van der Waals surface area contributed by atoms with Crippen LogP contribution in [-0.4, -0.2) is 27.1 Å². The standard InChI is InChI=1S/C13H13N5OS/c14-10(12(19)17-13-18-16-7-20-13)5-8-6-15-11-4-2-1-3-9(8)11/h1-4,6-7,10,15H,5,14H2,(H,17,18,19). The summed E-state index contributed by atoms with van der Waals surface area (Å²) in [4.78, 5) is 15.1. The monoisotopic (exact) mass is 287 g/mol. The summed E-state index contributed by atoms with van der Waals surface area (Å²) in [6, 6.07) is 7.30. The topological polar surface area (TPSA) is 96.7 Å². The van der Waals surface area contributed by atoms with Gasteiger partial charge in [-0.2, -0.15) is 0 Å². The summed E-state index contributed by atoms with van der Waals surface area (Å²) < 4.78 is 0. The summed E-state index contributed by atoms with van der Waals surface area (Å²) in [7, 11) is 0. The zero-order valence-electron chi connectivity index (χ0n) is 10.5. The molecule has 0 spiro atoms. The van der Waals surface area contributed by atoms with E-state index in [0.29, 0.717) is 11.6 Å². The highest BCUT2D eigenvalue weighted by molar-refractivity contribution is 7.13. The van der Waals surface area contributed by atoms with E-state index in [1.165, 1.54) is 11.3 Å². The molecular formula is C13H13N5OS. The van der Waals surface area contributed by atoms with Crippen molar-refractivity contribution in [1.82, 2.24) is 15.2 Å². The number of aromatic amines is 1. The number of rotatable bonds is 4. The van der Waals surface area contributed by atoms with E-state index < -0.39 is 6.04 Å². The first kappa shape index (κ1) is 12.8. The van der Waals surface area contributed by atoms with E-state index in [2.05, 4.69) is 20.5 Å². The van der Waals surface area contributed by atoms with Crippen LogP contribution in [0, 0.1) is 0 Å². The second-order valence-electron chi connectivity index (χ2n) is 4.40. The molecule has 102 valence electrons. The lowest BCUT2D eigenvalue weighted by atomic mass is 10.1. The van der Waals surface area contributed by atoms with Crippen molar-refractivity contribution in [2.75, 3.05) is 5.32 Å². The molecule has 3 aromatic rings. The molecule has 2 aromatic heterocycles.